The molecule has 0 saturated carbocycles. The maximum absolute atomic E-state index is 12.6. The quantitative estimate of drug-likeness (QED) is 0.877. The van der Waals surface area contributed by atoms with Crippen LogP contribution in [0.4, 0.5) is 13.2 Å². The van der Waals surface area contributed by atoms with Crippen molar-refractivity contribution in [2.45, 2.75) is 12.7 Å². The van der Waals surface area contributed by atoms with Crippen LogP contribution in [-0.4, -0.2) is 19.6 Å². The van der Waals surface area contributed by atoms with E-state index >= 15 is 0 Å². The molecule has 0 spiro atoms. The standard InChI is InChI=1S/C17H16F3NO3/c1-23-14-7-5-12(6-8-14)10-21-16(22)11-24-15-4-2-3-13(9-15)17(18,19)20/h2-9H,10-11H2,1H3,(H,21,22). The fourth-order valence-corrected chi connectivity index (χ4v) is 1.91. The zero-order valence-electron chi connectivity index (χ0n) is 12.9. The van der Waals surface area contributed by atoms with Gasteiger partial charge in [-0.2, -0.15) is 13.2 Å². The van der Waals surface area contributed by atoms with Gasteiger partial charge in [0, 0.05) is 6.54 Å². The molecule has 4 nitrogen and oxygen atoms in total. The van der Waals surface area contributed by atoms with Gasteiger partial charge in [0.2, 0.25) is 0 Å². The number of carbonyl (C=O) groups excluding carboxylic acids is 1. The van der Waals surface area contributed by atoms with Gasteiger partial charge < -0.3 is 14.8 Å². The van der Waals surface area contributed by atoms with Crippen LogP contribution >= 0.6 is 0 Å². The third kappa shape index (κ3) is 5.19. The summed E-state index contributed by atoms with van der Waals surface area (Å²) >= 11 is 0. The first-order valence-electron chi connectivity index (χ1n) is 7.08. The molecular formula is C17H16F3NO3. The highest BCUT2D eigenvalue weighted by atomic mass is 19.4. The summed E-state index contributed by atoms with van der Waals surface area (Å²) in [7, 11) is 1.56. The fraction of sp³-hybridized carbons (Fsp3) is 0.235. The van der Waals surface area contributed by atoms with Crippen molar-refractivity contribution >= 4 is 5.91 Å². The lowest BCUT2D eigenvalue weighted by Gasteiger charge is -2.10. The van der Waals surface area contributed by atoms with Crippen LogP contribution in [-0.2, 0) is 17.5 Å². The van der Waals surface area contributed by atoms with E-state index in [1.807, 2.05) is 0 Å². The lowest BCUT2D eigenvalue weighted by atomic mass is 10.2. The summed E-state index contributed by atoms with van der Waals surface area (Å²) in [5.74, 6) is 0.269. The van der Waals surface area contributed by atoms with E-state index in [-0.39, 0.29) is 18.9 Å². The van der Waals surface area contributed by atoms with Gasteiger partial charge in [-0.05, 0) is 35.9 Å². The highest BCUT2D eigenvalue weighted by Gasteiger charge is 2.30. The average molecular weight is 339 g/mol. The van der Waals surface area contributed by atoms with E-state index in [1.54, 1.807) is 31.4 Å². The second kappa shape index (κ2) is 7.72. The zero-order chi connectivity index (χ0) is 17.6. The van der Waals surface area contributed by atoms with E-state index in [1.165, 1.54) is 12.1 Å². The van der Waals surface area contributed by atoms with Crippen molar-refractivity contribution in [2.75, 3.05) is 13.7 Å². The Morgan fingerprint density at radius 2 is 1.79 bits per heavy atom. The van der Waals surface area contributed by atoms with E-state index in [2.05, 4.69) is 5.32 Å². The van der Waals surface area contributed by atoms with E-state index in [0.717, 1.165) is 17.7 Å². The molecule has 0 heterocycles. The van der Waals surface area contributed by atoms with Gasteiger partial charge in [-0.1, -0.05) is 18.2 Å². The second-order valence-electron chi connectivity index (χ2n) is 4.94. The van der Waals surface area contributed by atoms with Gasteiger partial charge in [-0.3, -0.25) is 4.79 Å². The third-order valence-electron chi connectivity index (χ3n) is 3.18. The van der Waals surface area contributed by atoms with E-state index in [0.29, 0.717) is 5.75 Å². The van der Waals surface area contributed by atoms with Gasteiger partial charge in [-0.15, -0.1) is 0 Å². The molecule has 0 saturated heterocycles. The Labute approximate surface area is 137 Å². The molecule has 2 aromatic rings. The number of nitrogens with one attached hydrogen (secondary N) is 1. The molecule has 1 N–H and O–H groups in total. The molecule has 0 aliphatic carbocycles. The van der Waals surface area contributed by atoms with Gasteiger partial charge in [0.25, 0.3) is 5.91 Å². The Balaban J connectivity index is 1.82. The van der Waals surface area contributed by atoms with Crippen molar-refractivity contribution in [3.63, 3.8) is 0 Å². The molecule has 0 radical (unpaired) electrons. The van der Waals surface area contributed by atoms with Crippen LogP contribution in [0.15, 0.2) is 48.5 Å². The Kier molecular flexibility index (Phi) is 5.68. The molecule has 128 valence electrons. The molecule has 0 fully saturated rings. The van der Waals surface area contributed by atoms with Crippen LogP contribution in [0.1, 0.15) is 11.1 Å². The van der Waals surface area contributed by atoms with Crippen molar-refractivity contribution in [3.8, 4) is 11.5 Å². The molecular weight excluding hydrogens is 323 g/mol. The van der Waals surface area contributed by atoms with Gasteiger partial charge in [0.05, 0.1) is 12.7 Å². The number of amides is 1. The molecule has 0 aromatic heterocycles. The van der Waals surface area contributed by atoms with Crippen molar-refractivity contribution in [3.05, 3.63) is 59.7 Å². The molecule has 0 aliphatic heterocycles. The van der Waals surface area contributed by atoms with Crippen molar-refractivity contribution in [2.24, 2.45) is 0 Å². The fourth-order valence-electron chi connectivity index (χ4n) is 1.91. The first kappa shape index (κ1) is 17.7. The van der Waals surface area contributed by atoms with Crippen LogP contribution < -0.4 is 14.8 Å². The number of alkyl halides is 3. The minimum atomic E-state index is -4.45. The number of rotatable bonds is 6. The summed E-state index contributed by atoms with van der Waals surface area (Å²) in [6, 6.07) is 11.5. The third-order valence-corrected chi connectivity index (χ3v) is 3.18. The van der Waals surface area contributed by atoms with Crippen LogP contribution in [0.25, 0.3) is 0 Å². The minimum Gasteiger partial charge on any atom is -0.497 e. The molecule has 2 aromatic carbocycles. The summed E-state index contributed by atoms with van der Waals surface area (Å²) in [6.07, 6.45) is -4.45. The Bertz CT molecular complexity index is 684. The molecule has 2 rings (SSSR count). The largest absolute Gasteiger partial charge is 0.497 e. The molecule has 0 bridgehead atoms. The first-order chi connectivity index (χ1) is 11.4. The normalized spacial score (nSPS) is 11.0. The lowest BCUT2D eigenvalue weighted by Crippen LogP contribution is -2.28. The van der Waals surface area contributed by atoms with Gasteiger partial charge in [-0.25, -0.2) is 0 Å². The number of hydrogen-bond donors (Lipinski definition) is 1. The zero-order valence-corrected chi connectivity index (χ0v) is 12.9. The Hall–Kier alpha value is -2.70. The second-order valence-corrected chi connectivity index (χ2v) is 4.94. The summed E-state index contributed by atoms with van der Waals surface area (Å²) in [5, 5.41) is 2.62. The van der Waals surface area contributed by atoms with E-state index in [9.17, 15) is 18.0 Å². The molecule has 0 unspecified atom stereocenters. The Morgan fingerprint density at radius 1 is 1.08 bits per heavy atom. The van der Waals surface area contributed by atoms with Crippen LogP contribution in [0.2, 0.25) is 0 Å². The van der Waals surface area contributed by atoms with Gasteiger partial charge >= 0.3 is 6.18 Å². The number of ether oxygens (including phenoxy) is 2. The number of benzene rings is 2. The average Bonchev–Trinajstić information content (AvgIpc) is 2.58. The molecule has 0 aliphatic rings. The highest BCUT2D eigenvalue weighted by Crippen LogP contribution is 2.31. The SMILES string of the molecule is COc1ccc(CNC(=O)COc2cccc(C(F)(F)F)c2)cc1. The number of carbonyl (C=O) groups is 1. The van der Waals surface area contributed by atoms with Crippen molar-refractivity contribution in [1.82, 2.24) is 5.32 Å². The highest BCUT2D eigenvalue weighted by molar-refractivity contribution is 5.77. The van der Waals surface area contributed by atoms with Crippen LogP contribution in [0.5, 0.6) is 11.5 Å². The number of halogens is 3. The summed E-state index contributed by atoms with van der Waals surface area (Å²) in [5.41, 5.74) is 0.0434. The first-order valence-corrected chi connectivity index (χ1v) is 7.08. The van der Waals surface area contributed by atoms with Crippen LogP contribution in [0, 0.1) is 0 Å². The molecule has 1 amide bonds. The molecule has 24 heavy (non-hydrogen) atoms. The Morgan fingerprint density at radius 3 is 2.42 bits per heavy atom. The lowest BCUT2D eigenvalue weighted by molar-refractivity contribution is -0.137. The monoisotopic (exact) mass is 339 g/mol. The van der Waals surface area contributed by atoms with Gasteiger partial charge in [0.15, 0.2) is 6.61 Å². The smallest absolute Gasteiger partial charge is 0.416 e. The number of hydrogen-bond acceptors (Lipinski definition) is 3. The summed E-state index contributed by atoms with van der Waals surface area (Å²) in [4.78, 5) is 11.7. The predicted molar refractivity (Wildman–Crippen MR) is 81.8 cm³/mol. The summed E-state index contributed by atoms with van der Waals surface area (Å²) in [6.45, 7) is -0.0771. The predicted octanol–water partition coefficient (Wildman–Crippen LogP) is 3.41. The molecule has 7 heteroatoms. The summed E-state index contributed by atoms with van der Waals surface area (Å²) < 4.78 is 47.9. The van der Waals surface area contributed by atoms with Crippen LogP contribution in [0.3, 0.4) is 0 Å². The van der Waals surface area contributed by atoms with E-state index < -0.39 is 17.6 Å². The topological polar surface area (TPSA) is 47.6 Å². The number of methoxy groups -OCH3 is 1. The van der Waals surface area contributed by atoms with Gasteiger partial charge in [0.1, 0.15) is 11.5 Å². The maximum atomic E-state index is 12.6. The van der Waals surface area contributed by atoms with E-state index in [4.69, 9.17) is 9.47 Å². The van der Waals surface area contributed by atoms with Crippen molar-refractivity contribution < 1.29 is 27.4 Å². The molecule has 0 atom stereocenters. The maximum Gasteiger partial charge on any atom is 0.416 e. The minimum absolute atomic E-state index is 0.00979. The van der Waals surface area contributed by atoms with Crippen molar-refractivity contribution in [1.29, 1.82) is 0 Å².